The number of carbonyl (C=O) groups excluding carboxylic acids is 3. The van der Waals surface area contributed by atoms with Gasteiger partial charge in [0.05, 0.1) is 6.54 Å². The van der Waals surface area contributed by atoms with Crippen molar-refractivity contribution in [2.24, 2.45) is 0 Å². The Kier molecular flexibility index (Phi) is 6.44. The maximum Gasteiger partial charge on any atom is 0.321 e. The van der Waals surface area contributed by atoms with Crippen molar-refractivity contribution in [2.75, 3.05) is 32.7 Å². The predicted octanol–water partition coefficient (Wildman–Crippen LogP) is -0.225. The fourth-order valence-electron chi connectivity index (χ4n) is 1.95. The van der Waals surface area contributed by atoms with Crippen molar-refractivity contribution in [3.63, 3.8) is 0 Å². The molecule has 7 nitrogen and oxygen atoms in total. The summed E-state index contributed by atoms with van der Waals surface area (Å²) in [5.74, 6) is -0.260. The van der Waals surface area contributed by atoms with Crippen LogP contribution in [0.1, 0.15) is 27.2 Å². The predicted molar refractivity (Wildman–Crippen MR) is 75.1 cm³/mol. The second-order valence-corrected chi connectivity index (χ2v) is 5.11. The summed E-state index contributed by atoms with van der Waals surface area (Å²) < 4.78 is 0. The molecule has 20 heavy (non-hydrogen) atoms. The molecule has 1 aliphatic heterocycles. The lowest BCUT2D eigenvalue weighted by molar-refractivity contribution is -0.130. The van der Waals surface area contributed by atoms with Crippen molar-refractivity contribution >= 4 is 17.8 Å². The van der Waals surface area contributed by atoms with Gasteiger partial charge < -0.3 is 10.2 Å². The minimum Gasteiger partial charge on any atom is -0.340 e. The quantitative estimate of drug-likeness (QED) is 0.747. The largest absolute Gasteiger partial charge is 0.340 e. The van der Waals surface area contributed by atoms with E-state index < -0.39 is 6.03 Å². The first-order chi connectivity index (χ1) is 9.42. The van der Waals surface area contributed by atoms with E-state index in [-0.39, 0.29) is 24.4 Å². The SMILES string of the molecule is CC[C@@H](C)NC(=O)NC(=O)CN1CCN(C(C)=O)CC1. The number of rotatable bonds is 4. The van der Waals surface area contributed by atoms with E-state index >= 15 is 0 Å². The molecule has 4 amide bonds. The number of piperazine rings is 1. The van der Waals surface area contributed by atoms with Gasteiger partial charge in [-0.25, -0.2) is 4.79 Å². The third-order valence-electron chi connectivity index (χ3n) is 3.43. The average molecular weight is 284 g/mol. The molecule has 0 aromatic heterocycles. The molecule has 1 atom stereocenters. The molecule has 1 fully saturated rings. The zero-order chi connectivity index (χ0) is 15.1. The second-order valence-electron chi connectivity index (χ2n) is 5.11. The van der Waals surface area contributed by atoms with Gasteiger partial charge in [0.25, 0.3) is 0 Å². The summed E-state index contributed by atoms with van der Waals surface area (Å²) >= 11 is 0. The van der Waals surface area contributed by atoms with E-state index in [2.05, 4.69) is 10.6 Å². The highest BCUT2D eigenvalue weighted by Crippen LogP contribution is 2.01. The lowest BCUT2D eigenvalue weighted by Crippen LogP contribution is -2.52. The van der Waals surface area contributed by atoms with E-state index in [1.54, 1.807) is 11.8 Å². The summed E-state index contributed by atoms with van der Waals surface area (Å²) in [6.45, 7) is 8.12. The van der Waals surface area contributed by atoms with Gasteiger partial charge in [0, 0.05) is 39.1 Å². The molecule has 0 unspecified atom stereocenters. The first kappa shape index (κ1) is 16.4. The van der Waals surface area contributed by atoms with Gasteiger partial charge in [0.15, 0.2) is 0 Å². The zero-order valence-electron chi connectivity index (χ0n) is 12.4. The van der Waals surface area contributed by atoms with Crippen molar-refractivity contribution < 1.29 is 14.4 Å². The Hall–Kier alpha value is -1.63. The van der Waals surface area contributed by atoms with Crippen LogP contribution in [-0.4, -0.2) is 66.4 Å². The van der Waals surface area contributed by atoms with Crippen LogP contribution in [-0.2, 0) is 9.59 Å². The smallest absolute Gasteiger partial charge is 0.321 e. The second kappa shape index (κ2) is 7.84. The lowest BCUT2D eigenvalue weighted by Gasteiger charge is -2.33. The molecule has 1 aliphatic rings. The van der Waals surface area contributed by atoms with Gasteiger partial charge in [-0.15, -0.1) is 0 Å². The van der Waals surface area contributed by atoms with E-state index in [0.717, 1.165) is 6.42 Å². The van der Waals surface area contributed by atoms with Gasteiger partial charge >= 0.3 is 6.03 Å². The van der Waals surface area contributed by atoms with Crippen molar-refractivity contribution in [1.29, 1.82) is 0 Å². The summed E-state index contributed by atoms with van der Waals surface area (Å²) in [6.07, 6.45) is 0.814. The first-order valence-corrected chi connectivity index (χ1v) is 7.00. The molecular formula is C13H24N4O3. The molecule has 0 spiro atoms. The lowest BCUT2D eigenvalue weighted by atomic mass is 10.3. The summed E-state index contributed by atoms with van der Waals surface area (Å²) in [6, 6.07) is -0.409. The molecule has 2 N–H and O–H groups in total. The van der Waals surface area contributed by atoms with Crippen LogP contribution in [0.25, 0.3) is 0 Å². The van der Waals surface area contributed by atoms with Crippen LogP contribution in [0.2, 0.25) is 0 Å². The molecule has 1 saturated heterocycles. The third-order valence-corrected chi connectivity index (χ3v) is 3.43. The Labute approximate surface area is 119 Å². The van der Waals surface area contributed by atoms with E-state index in [1.807, 2.05) is 18.7 Å². The Morgan fingerprint density at radius 1 is 1.15 bits per heavy atom. The van der Waals surface area contributed by atoms with Crippen LogP contribution in [0.5, 0.6) is 0 Å². The summed E-state index contributed by atoms with van der Waals surface area (Å²) in [5.41, 5.74) is 0. The molecule has 0 bridgehead atoms. The average Bonchev–Trinajstić information content (AvgIpc) is 2.38. The molecule has 1 heterocycles. The molecule has 114 valence electrons. The Bertz CT molecular complexity index is 365. The van der Waals surface area contributed by atoms with Gasteiger partial charge in [0.2, 0.25) is 11.8 Å². The van der Waals surface area contributed by atoms with Gasteiger partial charge in [-0.2, -0.15) is 0 Å². The van der Waals surface area contributed by atoms with Gasteiger partial charge in [-0.1, -0.05) is 6.92 Å². The minimum absolute atomic E-state index is 0.0434. The number of amides is 4. The normalized spacial score (nSPS) is 17.4. The number of urea groups is 1. The van der Waals surface area contributed by atoms with Gasteiger partial charge in [-0.3, -0.25) is 19.8 Å². The van der Waals surface area contributed by atoms with Crippen molar-refractivity contribution in [1.82, 2.24) is 20.4 Å². The van der Waals surface area contributed by atoms with Crippen LogP contribution in [0.3, 0.4) is 0 Å². The molecule has 0 aromatic rings. The van der Waals surface area contributed by atoms with Crippen LogP contribution in [0.15, 0.2) is 0 Å². The number of nitrogens with zero attached hydrogens (tertiary/aromatic N) is 2. The molecule has 1 rings (SSSR count). The van der Waals surface area contributed by atoms with Crippen LogP contribution in [0.4, 0.5) is 4.79 Å². The number of hydrogen-bond acceptors (Lipinski definition) is 4. The van der Waals surface area contributed by atoms with Crippen LogP contribution < -0.4 is 10.6 Å². The van der Waals surface area contributed by atoms with Gasteiger partial charge in [-0.05, 0) is 13.3 Å². The van der Waals surface area contributed by atoms with Crippen LogP contribution in [0, 0.1) is 0 Å². The molecule has 0 aromatic carbocycles. The van der Waals surface area contributed by atoms with E-state index in [0.29, 0.717) is 26.2 Å². The Morgan fingerprint density at radius 2 is 1.75 bits per heavy atom. The molecule has 0 aliphatic carbocycles. The van der Waals surface area contributed by atoms with Gasteiger partial charge in [0.1, 0.15) is 0 Å². The maximum absolute atomic E-state index is 11.7. The zero-order valence-corrected chi connectivity index (χ0v) is 12.4. The molecule has 7 heteroatoms. The molecule has 0 radical (unpaired) electrons. The summed E-state index contributed by atoms with van der Waals surface area (Å²) in [5, 5.41) is 4.99. The highest BCUT2D eigenvalue weighted by atomic mass is 16.2. The highest BCUT2D eigenvalue weighted by molar-refractivity contribution is 5.95. The fourth-order valence-corrected chi connectivity index (χ4v) is 1.95. The molecule has 0 saturated carbocycles. The number of hydrogen-bond donors (Lipinski definition) is 2. The minimum atomic E-state index is -0.452. The fraction of sp³-hybridized carbons (Fsp3) is 0.769. The number of nitrogens with one attached hydrogen (secondary N) is 2. The topological polar surface area (TPSA) is 81.8 Å². The van der Waals surface area contributed by atoms with Crippen LogP contribution >= 0.6 is 0 Å². The first-order valence-electron chi connectivity index (χ1n) is 7.00. The Balaban J connectivity index is 2.26. The number of carbonyl (C=O) groups is 3. The van der Waals surface area contributed by atoms with Crippen molar-refractivity contribution in [2.45, 2.75) is 33.2 Å². The standard InChI is InChI=1S/C13H24N4O3/c1-4-10(2)14-13(20)15-12(19)9-16-5-7-17(8-6-16)11(3)18/h10H,4-9H2,1-3H3,(H2,14,15,19,20)/t10-/m1/s1. The third kappa shape index (κ3) is 5.56. The van der Waals surface area contributed by atoms with Crippen molar-refractivity contribution in [3.05, 3.63) is 0 Å². The van der Waals surface area contributed by atoms with E-state index in [9.17, 15) is 14.4 Å². The summed E-state index contributed by atoms with van der Waals surface area (Å²) in [7, 11) is 0. The maximum atomic E-state index is 11.7. The van der Waals surface area contributed by atoms with E-state index in [4.69, 9.17) is 0 Å². The van der Waals surface area contributed by atoms with E-state index in [1.165, 1.54) is 0 Å². The molecular weight excluding hydrogens is 260 g/mol. The Morgan fingerprint density at radius 3 is 2.25 bits per heavy atom. The monoisotopic (exact) mass is 284 g/mol. The highest BCUT2D eigenvalue weighted by Gasteiger charge is 2.21. The number of imide groups is 1. The van der Waals surface area contributed by atoms with Crippen molar-refractivity contribution in [3.8, 4) is 0 Å². The summed E-state index contributed by atoms with van der Waals surface area (Å²) in [4.78, 5) is 38.1.